The number of anilines is 1. The molecule has 1 unspecified atom stereocenters. The van der Waals surface area contributed by atoms with E-state index in [0.717, 1.165) is 29.0 Å². The Morgan fingerprint density at radius 2 is 2.00 bits per heavy atom. The summed E-state index contributed by atoms with van der Waals surface area (Å²) in [7, 11) is 1.88. The van der Waals surface area contributed by atoms with Gasteiger partial charge in [0.05, 0.1) is 5.25 Å². The highest BCUT2D eigenvalue weighted by molar-refractivity contribution is 8.00. The average Bonchev–Trinajstić information content (AvgIpc) is 3.01. The number of piperazine rings is 1. The van der Waals surface area contributed by atoms with Crippen LogP contribution in [0.5, 0.6) is 0 Å². The Labute approximate surface area is 157 Å². The summed E-state index contributed by atoms with van der Waals surface area (Å²) in [5.74, 6) is 0.149. The van der Waals surface area contributed by atoms with Crippen molar-refractivity contribution >= 4 is 35.0 Å². The van der Waals surface area contributed by atoms with Crippen LogP contribution in [0.1, 0.15) is 12.5 Å². The molecule has 1 fully saturated rings. The van der Waals surface area contributed by atoms with Crippen molar-refractivity contribution in [2.24, 2.45) is 7.05 Å². The number of carbonyl (C=O) groups is 1. The molecule has 0 spiro atoms. The van der Waals surface area contributed by atoms with Crippen molar-refractivity contribution in [3.63, 3.8) is 0 Å². The summed E-state index contributed by atoms with van der Waals surface area (Å²) in [5.41, 5.74) is 2.36. The van der Waals surface area contributed by atoms with Crippen molar-refractivity contribution < 1.29 is 4.79 Å². The Bertz CT molecular complexity index is 757. The van der Waals surface area contributed by atoms with Gasteiger partial charge in [0.25, 0.3) is 0 Å². The van der Waals surface area contributed by atoms with Gasteiger partial charge in [-0.2, -0.15) is 0 Å². The van der Waals surface area contributed by atoms with Gasteiger partial charge in [0.15, 0.2) is 5.16 Å². The van der Waals surface area contributed by atoms with Crippen molar-refractivity contribution in [3.05, 3.63) is 35.1 Å². The number of hydrogen-bond acceptors (Lipinski definition) is 5. The normalized spacial score (nSPS) is 16.2. The lowest BCUT2D eigenvalue weighted by molar-refractivity contribution is -0.130. The molecule has 2 heterocycles. The molecule has 6 nitrogen and oxygen atoms in total. The summed E-state index contributed by atoms with van der Waals surface area (Å²) in [6.07, 6.45) is 1.64. The van der Waals surface area contributed by atoms with Crippen LogP contribution in [0.15, 0.2) is 29.7 Å². The minimum absolute atomic E-state index is 0.149. The standard InChI is InChI=1S/C17H22ClN5OS/c1-12-4-5-14(18)10-15(12)22-6-8-23(9-7-22)16(24)13(2)25-17-20-19-11-21(17)3/h4-5,10-11,13H,6-9H2,1-3H3. The topological polar surface area (TPSA) is 54.3 Å². The number of aromatic nitrogens is 3. The first-order valence-corrected chi connectivity index (χ1v) is 9.52. The van der Waals surface area contributed by atoms with E-state index in [4.69, 9.17) is 11.6 Å². The first-order chi connectivity index (χ1) is 12.0. The van der Waals surface area contributed by atoms with Crippen molar-refractivity contribution in [3.8, 4) is 0 Å². The minimum atomic E-state index is -0.178. The van der Waals surface area contributed by atoms with Gasteiger partial charge in [0, 0.05) is 43.9 Å². The molecular weight excluding hydrogens is 358 g/mol. The quantitative estimate of drug-likeness (QED) is 0.764. The van der Waals surface area contributed by atoms with Crippen molar-refractivity contribution in [1.82, 2.24) is 19.7 Å². The zero-order valence-electron chi connectivity index (χ0n) is 14.6. The van der Waals surface area contributed by atoms with Crippen LogP contribution in [-0.2, 0) is 11.8 Å². The Morgan fingerprint density at radius 1 is 1.28 bits per heavy atom. The number of thioether (sulfide) groups is 1. The molecule has 8 heteroatoms. The SMILES string of the molecule is Cc1ccc(Cl)cc1N1CCN(C(=O)C(C)Sc2nncn2C)CC1. The molecule has 1 atom stereocenters. The Morgan fingerprint density at radius 3 is 2.64 bits per heavy atom. The third-order valence-electron chi connectivity index (χ3n) is 4.40. The van der Waals surface area contributed by atoms with Crippen LogP contribution >= 0.6 is 23.4 Å². The van der Waals surface area contributed by atoms with Crippen LogP contribution in [0.4, 0.5) is 5.69 Å². The number of benzene rings is 1. The predicted octanol–water partition coefficient (Wildman–Crippen LogP) is 2.61. The van der Waals surface area contributed by atoms with Gasteiger partial charge in [-0.15, -0.1) is 10.2 Å². The lowest BCUT2D eigenvalue weighted by Gasteiger charge is -2.37. The van der Waals surface area contributed by atoms with Crippen LogP contribution in [0.2, 0.25) is 5.02 Å². The number of carbonyl (C=O) groups excluding carboxylic acids is 1. The van der Waals surface area contributed by atoms with Gasteiger partial charge in [-0.3, -0.25) is 4.79 Å². The third-order valence-corrected chi connectivity index (χ3v) is 5.77. The van der Waals surface area contributed by atoms with Crippen LogP contribution in [0.3, 0.4) is 0 Å². The second-order valence-electron chi connectivity index (χ2n) is 6.23. The van der Waals surface area contributed by atoms with E-state index < -0.39 is 0 Å². The molecule has 0 saturated carbocycles. The van der Waals surface area contributed by atoms with E-state index >= 15 is 0 Å². The molecule has 0 aliphatic carbocycles. The molecule has 1 amide bonds. The molecule has 1 aromatic carbocycles. The van der Waals surface area contributed by atoms with Crippen molar-refractivity contribution in [1.29, 1.82) is 0 Å². The highest BCUT2D eigenvalue weighted by Crippen LogP contribution is 2.26. The molecule has 1 aliphatic heterocycles. The van der Waals surface area contributed by atoms with Gasteiger partial charge in [-0.25, -0.2) is 0 Å². The molecule has 134 valence electrons. The maximum atomic E-state index is 12.7. The number of nitrogens with zero attached hydrogens (tertiary/aromatic N) is 5. The Hall–Kier alpha value is -1.73. The molecule has 0 bridgehead atoms. The molecule has 1 aromatic heterocycles. The molecule has 1 aliphatic rings. The van der Waals surface area contributed by atoms with Gasteiger partial charge in [0.2, 0.25) is 5.91 Å². The molecule has 0 N–H and O–H groups in total. The highest BCUT2D eigenvalue weighted by Gasteiger charge is 2.27. The number of hydrogen-bond donors (Lipinski definition) is 0. The second kappa shape index (κ2) is 7.66. The number of aryl methyl sites for hydroxylation is 2. The lowest BCUT2D eigenvalue weighted by atomic mass is 10.1. The number of halogens is 1. The molecule has 0 radical (unpaired) electrons. The van der Waals surface area contributed by atoms with E-state index in [1.165, 1.54) is 17.3 Å². The van der Waals surface area contributed by atoms with E-state index in [9.17, 15) is 4.79 Å². The fourth-order valence-electron chi connectivity index (χ4n) is 2.94. The summed E-state index contributed by atoms with van der Waals surface area (Å²) in [5, 5.41) is 9.22. The largest absolute Gasteiger partial charge is 0.368 e. The number of amides is 1. The smallest absolute Gasteiger partial charge is 0.236 e. The zero-order valence-corrected chi connectivity index (χ0v) is 16.2. The summed E-state index contributed by atoms with van der Waals surface area (Å²) in [4.78, 5) is 16.9. The fraction of sp³-hybridized carbons (Fsp3) is 0.471. The van der Waals surface area contributed by atoms with E-state index in [1.54, 1.807) is 6.33 Å². The van der Waals surface area contributed by atoms with Crippen molar-refractivity contribution in [2.75, 3.05) is 31.1 Å². The molecular formula is C17H22ClN5OS. The monoisotopic (exact) mass is 379 g/mol. The zero-order chi connectivity index (χ0) is 18.0. The fourth-order valence-corrected chi connectivity index (χ4v) is 3.98. The van der Waals surface area contributed by atoms with E-state index in [0.29, 0.717) is 13.1 Å². The molecule has 1 saturated heterocycles. The Balaban J connectivity index is 1.59. The van der Waals surface area contributed by atoms with E-state index in [2.05, 4.69) is 22.0 Å². The maximum absolute atomic E-state index is 12.7. The van der Waals surface area contributed by atoms with Gasteiger partial charge in [0.1, 0.15) is 6.33 Å². The van der Waals surface area contributed by atoms with Crippen LogP contribution in [0.25, 0.3) is 0 Å². The third kappa shape index (κ3) is 4.10. The molecule has 25 heavy (non-hydrogen) atoms. The first-order valence-electron chi connectivity index (χ1n) is 8.26. The van der Waals surface area contributed by atoms with Crippen LogP contribution in [0, 0.1) is 6.92 Å². The average molecular weight is 380 g/mol. The summed E-state index contributed by atoms with van der Waals surface area (Å²) in [6, 6.07) is 5.95. The molecule has 3 rings (SSSR count). The predicted molar refractivity (Wildman–Crippen MR) is 101 cm³/mol. The molecule has 2 aromatic rings. The summed E-state index contributed by atoms with van der Waals surface area (Å²) < 4.78 is 1.83. The first kappa shape index (κ1) is 18.1. The van der Waals surface area contributed by atoms with Gasteiger partial charge < -0.3 is 14.4 Å². The van der Waals surface area contributed by atoms with E-state index in [-0.39, 0.29) is 11.2 Å². The van der Waals surface area contributed by atoms with Gasteiger partial charge in [-0.05, 0) is 31.5 Å². The van der Waals surface area contributed by atoms with Crippen molar-refractivity contribution in [2.45, 2.75) is 24.3 Å². The minimum Gasteiger partial charge on any atom is -0.368 e. The summed E-state index contributed by atoms with van der Waals surface area (Å²) in [6.45, 7) is 7.07. The number of rotatable bonds is 4. The van der Waals surface area contributed by atoms with E-state index in [1.807, 2.05) is 41.6 Å². The van der Waals surface area contributed by atoms with Gasteiger partial charge >= 0.3 is 0 Å². The lowest BCUT2D eigenvalue weighted by Crippen LogP contribution is -2.50. The van der Waals surface area contributed by atoms with Crippen LogP contribution in [-0.4, -0.2) is 57.0 Å². The Kier molecular flexibility index (Phi) is 5.54. The van der Waals surface area contributed by atoms with Crippen LogP contribution < -0.4 is 4.90 Å². The van der Waals surface area contributed by atoms with Gasteiger partial charge in [-0.1, -0.05) is 29.4 Å². The second-order valence-corrected chi connectivity index (χ2v) is 7.97. The highest BCUT2D eigenvalue weighted by atomic mass is 35.5. The maximum Gasteiger partial charge on any atom is 0.236 e. The summed E-state index contributed by atoms with van der Waals surface area (Å²) >= 11 is 7.58.